The van der Waals surface area contributed by atoms with E-state index < -0.39 is 57.2 Å². The molecule has 2 aromatic rings. The molecule has 0 saturated heterocycles. The number of rotatable bonds is 5. The maximum Gasteiger partial charge on any atom is 0.311 e. The van der Waals surface area contributed by atoms with Crippen LogP contribution in [0.1, 0.15) is 32.7 Å². The van der Waals surface area contributed by atoms with E-state index in [9.17, 15) is 32.9 Å². The number of ketones is 2. The Balaban J connectivity index is 2.47. The largest absolute Gasteiger partial charge is 0.311 e. The van der Waals surface area contributed by atoms with Crippen LogP contribution < -0.4 is 0 Å². The van der Waals surface area contributed by atoms with Crippen LogP contribution >= 0.6 is 0 Å². The Morgan fingerprint density at radius 1 is 1.00 bits per heavy atom. The predicted molar refractivity (Wildman–Crippen MR) is 77.4 cm³/mol. The molecule has 5 nitrogen and oxygen atoms in total. The topological polar surface area (TPSA) is 77.3 Å². The Morgan fingerprint density at radius 3 is 2.12 bits per heavy atom. The molecular formula is C16H10F3NO4. The van der Waals surface area contributed by atoms with Gasteiger partial charge >= 0.3 is 5.69 Å². The molecule has 0 amide bonds. The van der Waals surface area contributed by atoms with E-state index in [1.54, 1.807) is 18.2 Å². The van der Waals surface area contributed by atoms with Crippen molar-refractivity contribution in [3.05, 3.63) is 74.6 Å². The van der Waals surface area contributed by atoms with E-state index in [2.05, 4.69) is 0 Å². The molecule has 2 aromatic carbocycles. The lowest BCUT2D eigenvalue weighted by molar-refractivity contribution is -0.388. The number of carbonyl (C=O) groups excluding carboxylic acids is 2. The van der Waals surface area contributed by atoms with Crippen molar-refractivity contribution >= 4 is 17.3 Å². The number of halogens is 3. The molecule has 0 spiro atoms. The van der Waals surface area contributed by atoms with Crippen molar-refractivity contribution in [3.8, 4) is 0 Å². The quantitative estimate of drug-likeness (QED) is 0.273. The van der Waals surface area contributed by atoms with E-state index in [1.807, 2.05) is 0 Å². The molecular weight excluding hydrogens is 327 g/mol. The van der Waals surface area contributed by atoms with E-state index >= 15 is 0 Å². The molecule has 2 rings (SSSR count). The Morgan fingerprint density at radius 2 is 1.58 bits per heavy atom. The van der Waals surface area contributed by atoms with Crippen molar-refractivity contribution in [3.63, 3.8) is 0 Å². The van der Waals surface area contributed by atoms with E-state index in [1.165, 1.54) is 12.1 Å². The zero-order chi connectivity index (χ0) is 18.0. The minimum atomic E-state index is -2.12. The second kappa shape index (κ2) is 6.61. The number of benzene rings is 2. The van der Waals surface area contributed by atoms with Gasteiger partial charge in [0, 0.05) is 11.1 Å². The van der Waals surface area contributed by atoms with Gasteiger partial charge in [-0.15, -0.1) is 0 Å². The number of carbonyl (C=O) groups is 2. The van der Waals surface area contributed by atoms with E-state index in [0.717, 1.165) is 6.92 Å². The fourth-order valence-electron chi connectivity index (χ4n) is 2.27. The highest BCUT2D eigenvalue weighted by Gasteiger charge is 2.33. The van der Waals surface area contributed by atoms with Gasteiger partial charge in [0.05, 0.1) is 16.9 Å². The molecule has 0 atom stereocenters. The lowest BCUT2D eigenvalue weighted by Crippen LogP contribution is -2.15. The third kappa shape index (κ3) is 3.03. The van der Waals surface area contributed by atoms with Crippen molar-refractivity contribution in [2.24, 2.45) is 0 Å². The van der Waals surface area contributed by atoms with E-state index in [4.69, 9.17) is 0 Å². The van der Waals surface area contributed by atoms with Gasteiger partial charge in [0.1, 0.15) is 0 Å². The summed E-state index contributed by atoms with van der Waals surface area (Å²) in [6.07, 6.45) is -0.829. The fourth-order valence-corrected chi connectivity index (χ4v) is 2.27. The first kappa shape index (κ1) is 17.3. The maximum absolute atomic E-state index is 13.9. The average Bonchev–Trinajstić information content (AvgIpc) is 2.53. The SMILES string of the molecule is Cc1c(C(=O)CC(=O)c2ccccc2)c(F)c(F)c(F)c1[N+](=O)[O-]. The highest BCUT2D eigenvalue weighted by molar-refractivity contribution is 6.14. The number of nitrogens with zero attached hydrogens (tertiary/aromatic N) is 1. The van der Waals surface area contributed by atoms with Crippen molar-refractivity contribution in [2.75, 3.05) is 0 Å². The summed E-state index contributed by atoms with van der Waals surface area (Å²) in [4.78, 5) is 33.7. The average molecular weight is 337 g/mol. The van der Waals surface area contributed by atoms with Crippen molar-refractivity contribution in [1.29, 1.82) is 0 Å². The van der Waals surface area contributed by atoms with Crippen molar-refractivity contribution in [2.45, 2.75) is 13.3 Å². The zero-order valence-corrected chi connectivity index (χ0v) is 12.3. The smallest absolute Gasteiger partial charge is 0.294 e. The van der Waals surface area contributed by atoms with Crippen LogP contribution in [0.15, 0.2) is 30.3 Å². The highest BCUT2D eigenvalue weighted by Crippen LogP contribution is 2.31. The molecule has 0 radical (unpaired) electrons. The minimum absolute atomic E-state index is 0.168. The summed E-state index contributed by atoms with van der Waals surface area (Å²) >= 11 is 0. The van der Waals surface area contributed by atoms with Gasteiger partial charge < -0.3 is 0 Å². The second-order valence-electron chi connectivity index (χ2n) is 4.94. The minimum Gasteiger partial charge on any atom is -0.294 e. The molecule has 0 N–H and O–H groups in total. The van der Waals surface area contributed by atoms with Gasteiger partial charge in [0.2, 0.25) is 11.6 Å². The van der Waals surface area contributed by atoms with Gasteiger partial charge in [0.25, 0.3) is 0 Å². The Labute approximate surface area is 133 Å². The number of nitro groups is 1. The zero-order valence-electron chi connectivity index (χ0n) is 12.3. The molecule has 124 valence electrons. The van der Waals surface area contributed by atoms with Gasteiger partial charge in [-0.2, -0.15) is 4.39 Å². The van der Waals surface area contributed by atoms with E-state index in [0.29, 0.717) is 0 Å². The summed E-state index contributed by atoms with van der Waals surface area (Å²) in [5.41, 5.74) is -2.82. The molecule has 0 heterocycles. The molecule has 24 heavy (non-hydrogen) atoms. The van der Waals surface area contributed by atoms with Crippen LogP contribution in [0.3, 0.4) is 0 Å². The maximum atomic E-state index is 13.9. The standard InChI is InChI=1S/C16H10F3NO4/c1-8-12(13(17)14(18)15(19)16(8)20(23)24)11(22)7-10(21)9-5-3-2-4-6-9/h2-6H,7H2,1H3. The molecule has 0 fully saturated rings. The van der Waals surface area contributed by atoms with Gasteiger partial charge in [-0.3, -0.25) is 19.7 Å². The second-order valence-corrected chi connectivity index (χ2v) is 4.94. The normalized spacial score (nSPS) is 10.5. The van der Waals surface area contributed by atoms with Crippen LogP contribution in [0, 0.1) is 34.5 Å². The molecule has 0 aliphatic heterocycles. The number of hydrogen-bond acceptors (Lipinski definition) is 4. The Kier molecular flexibility index (Phi) is 4.77. The molecule has 0 aliphatic rings. The van der Waals surface area contributed by atoms with Crippen molar-refractivity contribution in [1.82, 2.24) is 0 Å². The third-order valence-corrected chi connectivity index (χ3v) is 3.42. The first-order chi connectivity index (χ1) is 11.3. The highest BCUT2D eigenvalue weighted by atomic mass is 19.2. The summed E-state index contributed by atoms with van der Waals surface area (Å²) in [5.74, 6) is -7.79. The third-order valence-electron chi connectivity index (χ3n) is 3.42. The van der Waals surface area contributed by atoms with Crippen LogP contribution in [0.25, 0.3) is 0 Å². The molecule has 0 bridgehead atoms. The van der Waals surface area contributed by atoms with E-state index in [-0.39, 0.29) is 5.56 Å². The summed E-state index contributed by atoms with van der Waals surface area (Å²) in [6.45, 7) is 0.921. The molecule has 0 saturated carbocycles. The molecule has 0 aromatic heterocycles. The lowest BCUT2D eigenvalue weighted by Gasteiger charge is -2.09. The molecule has 0 unspecified atom stereocenters. The Hall–Kier alpha value is -3.03. The van der Waals surface area contributed by atoms with Crippen LogP contribution in [-0.2, 0) is 0 Å². The van der Waals surface area contributed by atoms with Crippen LogP contribution in [-0.4, -0.2) is 16.5 Å². The number of hydrogen-bond donors (Lipinski definition) is 0. The van der Waals surface area contributed by atoms with Crippen molar-refractivity contribution < 1.29 is 27.7 Å². The number of Topliss-reactive ketones (excluding diaryl/α,β-unsaturated/α-hetero) is 2. The lowest BCUT2D eigenvalue weighted by atomic mass is 9.96. The van der Waals surface area contributed by atoms with Gasteiger partial charge in [-0.05, 0) is 6.92 Å². The Bertz CT molecular complexity index is 850. The molecule has 0 aliphatic carbocycles. The fraction of sp³-hybridized carbons (Fsp3) is 0.125. The van der Waals surface area contributed by atoms with Gasteiger partial charge in [-0.1, -0.05) is 30.3 Å². The monoisotopic (exact) mass is 337 g/mol. The van der Waals surface area contributed by atoms with Crippen LogP contribution in [0.4, 0.5) is 18.9 Å². The van der Waals surface area contributed by atoms with Gasteiger partial charge in [0.15, 0.2) is 17.4 Å². The first-order valence-electron chi connectivity index (χ1n) is 6.68. The summed E-state index contributed by atoms with van der Waals surface area (Å²) in [7, 11) is 0. The summed E-state index contributed by atoms with van der Waals surface area (Å²) in [5, 5.41) is 10.8. The predicted octanol–water partition coefficient (Wildman–Crippen LogP) is 3.78. The summed E-state index contributed by atoms with van der Waals surface area (Å²) in [6, 6.07) is 7.58. The van der Waals surface area contributed by atoms with Crippen LogP contribution in [0.2, 0.25) is 0 Å². The molecule has 8 heteroatoms. The van der Waals surface area contributed by atoms with Crippen LogP contribution in [0.5, 0.6) is 0 Å². The number of nitro benzene ring substituents is 1. The first-order valence-corrected chi connectivity index (χ1v) is 6.68. The summed E-state index contributed by atoms with van der Waals surface area (Å²) < 4.78 is 40.9. The van der Waals surface area contributed by atoms with Gasteiger partial charge in [-0.25, -0.2) is 8.78 Å².